The highest BCUT2D eigenvalue weighted by molar-refractivity contribution is 5.34. The maximum Gasteiger partial charge on any atom is 0.165 e. The summed E-state index contributed by atoms with van der Waals surface area (Å²) in [6, 6.07) is 4.79. The average molecular weight is 239 g/mol. The SMILES string of the molecule is CC1CCC(COc2c(F)cccc2CN)O1. The van der Waals surface area contributed by atoms with Crippen LogP contribution in [0.25, 0.3) is 0 Å². The van der Waals surface area contributed by atoms with Gasteiger partial charge in [-0.25, -0.2) is 4.39 Å². The van der Waals surface area contributed by atoms with E-state index in [0.29, 0.717) is 12.2 Å². The van der Waals surface area contributed by atoms with Crippen LogP contribution in [-0.4, -0.2) is 18.8 Å². The fourth-order valence-electron chi connectivity index (χ4n) is 2.06. The van der Waals surface area contributed by atoms with Gasteiger partial charge in [-0.2, -0.15) is 0 Å². The highest BCUT2D eigenvalue weighted by Gasteiger charge is 2.23. The van der Waals surface area contributed by atoms with Gasteiger partial charge in [-0.05, 0) is 25.8 Å². The molecule has 0 spiro atoms. The van der Waals surface area contributed by atoms with Crippen molar-refractivity contribution in [3.05, 3.63) is 29.6 Å². The second kappa shape index (κ2) is 5.47. The van der Waals surface area contributed by atoms with E-state index in [0.717, 1.165) is 12.8 Å². The fourth-order valence-corrected chi connectivity index (χ4v) is 2.06. The Kier molecular flexibility index (Phi) is 3.97. The Bertz CT molecular complexity index is 384. The Labute approximate surface area is 101 Å². The van der Waals surface area contributed by atoms with Gasteiger partial charge in [-0.3, -0.25) is 0 Å². The van der Waals surface area contributed by atoms with Crippen molar-refractivity contribution < 1.29 is 13.9 Å². The van der Waals surface area contributed by atoms with Crippen molar-refractivity contribution in [2.75, 3.05) is 6.61 Å². The highest BCUT2D eigenvalue weighted by Crippen LogP contribution is 2.25. The minimum absolute atomic E-state index is 0.0650. The lowest BCUT2D eigenvalue weighted by atomic mass is 10.2. The van der Waals surface area contributed by atoms with Crippen molar-refractivity contribution in [3.63, 3.8) is 0 Å². The standard InChI is InChI=1S/C13H18FNO2/c1-9-5-6-11(17-9)8-16-13-10(7-15)3-2-4-12(13)14/h2-4,9,11H,5-8,15H2,1H3. The predicted octanol–water partition coefficient (Wildman–Crippen LogP) is 2.23. The van der Waals surface area contributed by atoms with Crippen molar-refractivity contribution >= 4 is 0 Å². The molecule has 1 fully saturated rings. The molecule has 0 bridgehead atoms. The third-order valence-electron chi connectivity index (χ3n) is 3.00. The molecular weight excluding hydrogens is 221 g/mol. The summed E-state index contributed by atoms with van der Waals surface area (Å²) in [6.45, 7) is 2.70. The Morgan fingerprint density at radius 3 is 2.94 bits per heavy atom. The summed E-state index contributed by atoms with van der Waals surface area (Å²) in [7, 11) is 0. The molecule has 17 heavy (non-hydrogen) atoms. The number of hydrogen-bond acceptors (Lipinski definition) is 3. The zero-order valence-electron chi connectivity index (χ0n) is 9.99. The molecule has 1 aromatic rings. The minimum atomic E-state index is -0.362. The minimum Gasteiger partial charge on any atom is -0.487 e. The number of ether oxygens (including phenoxy) is 2. The first-order chi connectivity index (χ1) is 8.20. The number of benzene rings is 1. The van der Waals surface area contributed by atoms with Gasteiger partial charge in [0.05, 0.1) is 12.2 Å². The number of nitrogens with two attached hydrogens (primary N) is 1. The molecule has 0 radical (unpaired) electrons. The van der Waals surface area contributed by atoms with Crippen LogP contribution in [0, 0.1) is 5.82 Å². The summed E-state index contributed by atoms with van der Waals surface area (Å²) in [5.74, 6) is -0.0999. The molecule has 2 atom stereocenters. The van der Waals surface area contributed by atoms with E-state index < -0.39 is 0 Å². The van der Waals surface area contributed by atoms with Crippen LogP contribution in [0.4, 0.5) is 4.39 Å². The van der Waals surface area contributed by atoms with E-state index in [9.17, 15) is 4.39 Å². The van der Waals surface area contributed by atoms with Crippen molar-refractivity contribution in [2.45, 2.75) is 38.5 Å². The van der Waals surface area contributed by atoms with E-state index in [1.807, 2.05) is 6.92 Å². The second-order valence-electron chi connectivity index (χ2n) is 4.39. The molecule has 1 saturated heterocycles. The molecule has 0 aromatic heterocycles. The molecule has 1 aliphatic rings. The average Bonchev–Trinajstić information content (AvgIpc) is 2.73. The number of para-hydroxylation sites is 1. The molecule has 0 amide bonds. The summed E-state index contributed by atoms with van der Waals surface area (Å²) in [6.07, 6.45) is 2.34. The van der Waals surface area contributed by atoms with E-state index in [1.165, 1.54) is 6.07 Å². The molecule has 2 unspecified atom stereocenters. The Balaban J connectivity index is 1.98. The molecule has 1 heterocycles. The zero-order chi connectivity index (χ0) is 12.3. The van der Waals surface area contributed by atoms with Crippen LogP contribution in [0.2, 0.25) is 0 Å². The molecule has 94 valence electrons. The van der Waals surface area contributed by atoms with Crippen LogP contribution in [0.1, 0.15) is 25.3 Å². The molecule has 3 nitrogen and oxygen atoms in total. The van der Waals surface area contributed by atoms with E-state index in [2.05, 4.69) is 0 Å². The van der Waals surface area contributed by atoms with Crippen molar-refractivity contribution in [1.29, 1.82) is 0 Å². The van der Waals surface area contributed by atoms with Gasteiger partial charge in [0.2, 0.25) is 0 Å². The first-order valence-electron chi connectivity index (χ1n) is 5.96. The number of halogens is 1. The molecule has 0 aliphatic carbocycles. The van der Waals surface area contributed by atoms with Gasteiger partial charge in [0.25, 0.3) is 0 Å². The summed E-state index contributed by atoms with van der Waals surface area (Å²) < 4.78 is 24.7. The molecule has 4 heteroatoms. The van der Waals surface area contributed by atoms with E-state index in [4.69, 9.17) is 15.2 Å². The van der Waals surface area contributed by atoms with Crippen LogP contribution in [0.3, 0.4) is 0 Å². The third-order valence-corrected chi connectivity index (χ3v) is 3.00. The predicted molar refractivity (Wildman–Crippen MR) is 63.4 cm³/mol. The quantitative estimate of drug-likeness (QED) is 0.876. The zero-order valence-corrected chi connectivity index (χ0v) is 9.99. The Morgan fingerprint density at radius 2 is 2.29 bits per heavy atom. The van der Waals surface area contributed by atoms with Gasteiger partial charge in [0.15, 0.2) is 11.6 Å². The van der Waals surface area contributed by atoms with Crippen LogP contribution < -0.4 is 10.5 Å². The summed E-state index contributed by atoms with van der Waals surface area (Å²) in [4.78, 5) is 0. The highest BCUT2D eigenvalue weighted by atomic mass is 19.1. The second-order valence-corrected chi connectivity index (χ2v) is 4.39. The molecule has 2 N–H and O–H groups in total. The lowest BCUT2D eigenvalue weighted by Gasteiger charge is -2.15. The van der Waals surface area contributed by atoms with Gasteiger partial charge >= 0.3 is 0 Å². The fraction of sp³-hybridized carbons (Fsp3) is 0.538. The third kappa shape index (κ3) is 2.96. The number of rotatable bonds is 4. The van der Waals surface area contributed by atoms with Crippen LogP contribution in [0.15, 0.2) is 18.2 Å². The van der Waals surface area contributed by atoms with Crippen molar-refractivity contribution in [3.8, 4) is 5.75 Å². The summed E-state index contributed by atoms with van der Waals surface area (Å²) in [5.41, 5.74) is 6.24. The van der Waals surface area contributed by atoms with E-state index in [1.54, 1.807) is 12.1 Å². The van der Waals surface area contributed by atoms with E-state index in [-0.39, 0.29) is 30.3 Å². The summed E-state index contributed by atoms with van der Waals surface area (Å²) >= 11 is 0. The largest absolute Gasteiger partial charge is 0.487 e. The van der Waals surface area contributed by atoms with Crippen LogP contribution >= 0.6 is 0 Å². The Hall–Kier alpha value is -1.13. The molecular formula is C13H18FNO2. The van der Waals surface area contributed by atoms with Gasteiger partial charge in [0, 0.05) is 12.1 Å². The molecule has 1 aliphatic heterocycles. The first kappa shape index (κ1) is 12.3. The van der Waals surface area contributed by atoms with Crippen molar-refractivity contribution in [1.82, 2.24) is 0 Å². The molecule has 0 saturated carbocycles. The maximum absolute atomic E-state index is 13.6. The normalized spacial score (nSPS) is 23.9. The molecule has 2 rings (SSSR count). The summed E-state index contributed by atoms with van der Waals surface area (Å²) in [5, 5.41) is 0. The van der Waals surface area contributed by atoms with E-state index >= 15 is 0 Å². The van der Waals surface area contributed by atoms with Gasteiger partial charge < -0.3 is 15.2 Å². The lowest BCUT2D eigenvalue weighted by molar-refractivity contribution is 0.0254. The van der Waals surface area contributed by atoms with Crippen LogP contribution in [0.5, 0.6) is 5.75 Å². The van der Waals surface area contributed by atoms with Gasteiger partial charge in [-0.15, -0.1) is 0 Å². The Morgan fingerprint density at radius 1 is 1.47 bits per heavy atom. The van der Waals surface area contributed by atoms with Gasteiger partial charge in [0.1, 0.15) is 6.61 Å². The number of hydrogen-bond donors (Lipinski definition) is 1. The first-order valence-corrected chi connectivity index (χ1v) is 5.96. The van der Waals surface area contributed by atoms with Gasteiger partial charge in [-0.1, -0.05) is 12.1 Å². The van der Waals surface area contributed by atoms with Crippen LogP contribution in [-0.2, 0) is 11.3 Å². The maximum atomic E-state index is 13.6. The topological polar surface area (TPSA) is 44.5 Å². The monoisotopic (exact) mass is 239 g/mol. The molecule has 1 aromatic carbocycles. The lowest BCUT2D eigenvalue weighted by Crippen LogP contribution is -2.19. The smallest absolute Gasteiger partial charge is 0.165 e. The van der Waals surface area contributed by atoms with Crippen molar-refractivity contribution in [2.24, 2.45) is 5.73 Å².